The molecule has 2 N–H and O–H groups in total. The predicted octanol–water partition coefficient (Wildman–Crippen LogP) is 5.87. The highest BCUT2D eigenvalue weighted by atomic mass is 35.5. The number of carbonyl (C=O) groups is 1. The van der Waals surface area contributed by atoms with Crippen LogP contribution in [0.5, 0.6) is 11.5 Å². The van der Waals surface area contributed by atoms with E-state index in [1.165, 1.54) is 19.2 Å². The van der Waals surface area contributed by atoms with Crippen molar-refractivity contribution in [2.75, 3.05) is 13.7 Å². The second-order valence-electron chi connectivity index (χ2n) is 8.22. The van der Waals surface area contributed by atoms with Crippen LogP contribution in [0.1, 0.15) is 52.4 Å². The van der Waals surface area contributed by atoms with Gasteiger partial charge in [0, 0.05) is 24.1 Å². The highest BCUT2D eigenvalue weighted by Crippen LogP contribution is 2.42. The van der Waals surface area contributed by atoms with E-state index in [4.69, 9.17) is 9.47 Å². The van der Waals surface area contributed by atoms with E-state index in [-0.39, 0.29) is 35.9 Å². The van der Waals surface area contributed by atoms with Crippen molar-refractivity contribution < 1.29 is 32.5 Å². The van der Waals surface area contributed by atoms with E-state index in [2.05, 4.69) is 5.32 Å². The Kier molecular flexibility index (Phi) is 8.30. The molecule has 0 amide bonds. The van der Waals surface area contributed by atoms with Crippen molar-refractivity contribution >= 4 is 18.4 Å². The molecule has 0 bridgehead atoms. The summed E-state index contributed by atoms with van der Waals surface area (Å²) in [6.07, 6.45) is -0.0205. The molecular weight excluding hydrogens is 483 g/mol. The fraction of sp³-hybridized carbons (Fsp3) is 0.269. The Morgan fingerprint density at radius 1 is 1.11 bits per heavy atom. The number of benzene rings is 3. The van der Waals surface area contributed by atoms with E-state index in [1.54, 1.807) is 36.4 Å². The van der Waals surface area contributed by atoms with Crippen molar-refractivity contribution in [2.24, 2.45) is 0 Å². The summed E-state index contributed by atoms with van der Waals surface area (Å²) in [5, 5.41) is 12.6. The van der Waals surface area contributed by atoms with E-state index < -0.39 is 34.9 Å². The maximum absolute atomic E-state index is 15.1. The van der Waals surface area contributed by atoms with Gasteiger partial charge in [-0.2, -0.15) is 0 Å². The molecule has 5 nitrogen and oxygen atoms in total. The van der Waals surface area contributed by atoms with E-state index in [0.29, 0.717) is 24.3 Å². The van der Waals surface area contributed by atoms with Gasteiger partial charge < -0.3 is 19.9 Å². The molecule has 0 radical (unpaired) electrons. The van der Waals surface area contributed by atoms with Crippen molar-refractivity contribution in [1.29, 1.82) is 0 Å². The van der Waals surface area contributed by atoms with Gasteiger partial charge in [-0.3, -0.25) is 0 Å². The van der Waals surface area contributed by atoms with E-state index in [9.17, 15) is 18.7 Å². The summed E-state index contributed by atoms with van der Waals surface area (Å²) in [4.78, 5) is 11.4. The number of hydrogen-bond donors (Lipinski definition) is 2. The van der Waals surface area contributed by atoms with Crippen LogP contribution >= 0.6 is 12.4 Å². The van der Waals surface area contributed by atoms with Crippen LogP contribution in [0.25, 0.3) is 0 Å². The lowest BCUT2D eigenvalue weighted by Gasteiger charge is -2.33. The summed E-state index contributed by atoms with van der Waals surface area (Å²) in [6, 6.07) is 13.9. The third-order valence-electron chi connectivity index (χ3n) is 6.12. The number of carboxylic acid groups (broad SMARTS) is 1. The summed E-state index contributed by atoms with van der Waals surface area (Å²) < 4.78 is 54.0. The summed E-state index contributed by atoms with van der Waals surface area (Å²) in [6.45, 7) is 2.31. The van der Waals surface area contributed by atoms with Gasteiger partial charge in [-0.25, -0.2) is 18.0 Å². The molecule has 0 aliphatic carbocycles. The largest absolute Gasteiger partial charge is 0.494 e. The monoisotopic (exact) mass is 507 g/mol. The van der Waals surface area contributed by atoms with E-state index >= 15 is 4.39 Å². The van der Waals surface area contributed by atoms with Gasteiger partial charge in [0.25, 0.3) is 0 Å². The van der Waals surface area contributed by atoms with E-state index in [1.807, 2.05) is 6.92 Å². The van der Waals surface area contributed by atoms with Gasteiger partial charge in [-0.15, -0.1) is 12.4 Å². The molecule has 3 aromatic carbocycles. The summed E-state index contributed by atoms with van der Waals surface area (Å²) in [5.74, 6) is -4.10. The molecule has 1 heterocycles. The molecule has 4 rings (SSSR count). The molecular formula is C26H25ClF3NO4. The summed E-state index contributed by atoms with van der Waals surface area (Å²) in [7, 11) is 1.40. The Morgan fingerprint density at radius 2 is 1.83 bits per heavy atom. The number of nitrogens with one attached hydrogen (secondary N) is 1. The van der Waals surface area contributed by atoms with Crippen molar-refractivity contribution in [3.05, 3.63) is 94.3 Å². The van der Waals surface area contributed by atoms with Crippen molar-refractivity contribution in [2.45, 2.75) is 31.4 Å². The summed E-state index contributed by atoms with van der Waals surface area (Å²) >= 11 is 0. The number of halogens is 4. The fourth-order valence-electron chi connectivity index (χ4n) is 4.32. The number of rotatable bonds is 7. The zero-order valence-corrected chi connectivity index (χ0v) is 19.9. The van der Waals surface area contributed by atoms with Gasteiger partial charge in [0.1, 0.15) is 29.1 Å². The van der Waals surface area contributed by atoms with Gasteiger partial charge >= 0.3 is 5.97 Å². The van der Waals surface area contributed by atoms with Gasteiger partial charge in [0.05, 0.1) is 7.11 Å². The Morgan fingerprint density at radius 3 is 2.54 bits per heavy atom. The third kappa shape index (κ3) is 5.39. The minimum absolute atomic E-state index is 0. The molecule has 186 valence electrons. The first-order valence-corrected chi connectivity index (χ1v) is 10.8. The smallest absolute Gasteiger partial charge is 0.341 e. The molecule has 3 atom stereocenters. The molecule has 0 fully saturated rings. The molecule has 35 heavy (non-hydrogen) atoms. The maximum atomic E-state index is 15.1. The van der Waals surface area contributed by atoms with Crippen LogP contribution in [-0.2, 0) is 0 Å². The van der Waals surface area contributed by atoms with Crippen LogP contribution in [0.3, 0.4) is 0 Å². The van der Waals surface area contributed by atoms with Crippen LogP contribution in [0.2, 0.25) is 0 Å². The standard InChI is InChI=1S/C26H24F3NO4.ClH/c1-14(15-7-9-20(27)23(11-15)33-2)30-13-16-12-19(17-5-3-4-6-22(17)34-16)18-8-10-21(28)24(25(18)29)26(31)32;/h3-11,14,16,19,30H,12-13H2,1-2H3,(H,31,32);1H/t14-,16?,19?;/m1./s1. The average Bonchev–Trinajstić information content (AvgIpc) is 2.82. The Bertz CT molecular complexity index is 1220. The molecule has 9 heteroatoms. The number of fused-ring (bicyclic) bond motifs is 1. The first-order valence-electron chi connectivity index (χ1n) is 10.8. The lowest BCUT2D eigenvalue weighted by molar-refractivity contribution is 0.0686. The highest BCUT2D eigenvalue weighted by molar-refractivity contribution is 5.88. The first kappa shape index (κ1) is 26.4. The number of ether oxygens (including phenoxy) is 2. The molecule has 2 unspecified atom stereocenters. The van der Waals surface area contributed by atoms with Crippen molar-refractivity contribution in [3.8, 4) is 11.5 Å². The Labute approximate surface area is 207 Å². The summed E-state index contributed by atoms with van der Waals surface area (Å²) in [5.41, 5.74) is 0.671. The number of aromatic carboxylic acids is 1. The van der Waals surface area contributed by atoms with E-state index in [0.717, 1.165) is 11.6 Å². The lowest BCUT2D eigenvalue weighted by atomic mass is 9.83. The quantitative estimate of drug-likeness (QED) is 0.419. The van der Waals surface area contributed by atoms with Crippen LogP contribution in [0.4, 0.5) is 13.2 Å². The first-order chi connectivity index (χ1) is 16.3. The lowest BCUT2D eigenvalue weighted by Crippen LogP contribution is -2.37. The van der Waals surface area contributed by atoms with Crippen LogP contribution < -0.4 is 14.8 Å². The number of carboxylic acids is 1. The molecule has 0 spiro atoms. The van der Waals surface area contributed by atoms with Crippen LogP contribution in [-0.4, -0.2) is 30.8 Å². The average molecular weight is 508 g/mol. The van der Waals surface area contributed by atoms with Crippen molar-refractivity contribution in [1.82, 2.24) is 5.32 Å². The Hall–Kier alpha value is -3.23. The van der Waals surface area contributed by atoms with Crippen molar-refractivity contribution in [3.63, 3.8) is 0 Å². The predicted molar refractivity (Wildman–Crippen MR) is 127 cm³/mol. The van der Waals surface area contributed by atoms with Gasteiger partial charge in [-0.1, -0.05) is 30.3 Å². The maximum Gasteiger partial charge on any atom is 0.341 e. The number of methoxy groups -OCH3 is 1. The molecule has 1 aliphatic rings. The van der Waals surface area contributed by atoms with Crippen LogP contribution in [0.15, 0.2) is 54.6 Å². The van der Waals surface area contributed by atoms with Gasteiger partial charge in [-0.05, 0) is 48.7 Å². The van der Waals surface area contributed by atoms with Gasteiger partial charge in [0.2, 0.25) is 0 Å². The topological polar surface area (TPSA) is 67.8 Å². The fourth-order valence-corrected chi connectivity index (χ4v) is 4.32. The third-order valence-corrected chi connectivity index (χ3v) is 6.12. The van der Waals surface area contributed by atoms with Gasteiger partial charge in [0.15, 0.2) is 11.6 Å². The highest BCUT2D eigenvalue weighted by Gasteiger charge is 2.33. The second-order valence-corrected chi connectivity index (χ2v) is 8.22. The minimum Gasteiger partial charge on any atom is -0.494 e. The normalized spacial score (nSPS) is 17.5. The zero-order valence-electron chi connectivity index (χ0n) is 19.1. The molecule has 3 aromatic rings. The molecule has 0 saturated carbocycles. The SMILES string of the molecule is COc1cc([C@@H](C)NCC2CC(c3ccc(F)c(C(=O)O)c3F)c3ccccc3O2)ccc1F.Cl. The minimum atomic E-state index is -1.65. The molecule has 1 aliphatic heterocycles. The second kappa shape index (κ2) is 11.0. The number of para-hydroxylation sites is 1. The zero-order chi connectivity index (χ0) is 24.4. The molecule has 0 saturated heterocycles. The van der Waals surface area contributed by atoms with Crippen LogP contribution in [0, 0.1) is 17.5 Å². The number of hydrogen-bond acceptors (Lipinski definition) is 4. The Balaban J connectivity index is 0.00000342. The molecule has 0 aromatic heterocycles.